The van der Waals surface area contributed by atoms with Crippen LogP contribution in [0.25, 0.3) is 0 Å². The molecular formula is C16H25ClN2O. The lowest BCUT2D eigenvalue weighted by atomic mass is 10.00. The van der Waals surface area contributed by atoms with Crippen molar-refractivity contribution in [1.29, 1.82) is 0 Å². The molecule has 1 N–H and O–H groups in total. The quantitative estimate of drug-likeness (QED) is 0.908. The maximum absolute atomic E-state index is 5.93. The Morgan fingerprint density at radius 1 is 1.40 bits per heavy atom. The maximum Gasteiger partial charge on any atom is 0.123 e. The summed E-state index contributed by atoms with van der Waals surface area (Å²) in [6.45, 7) is 11.0. The lowest BCUT2D eigenvalue weighted by molar-refractivity contribution is 0.138. The summed E-state index contributed by atoms with van der Waals surface area (Å²) in [7, 11) is 0. The van der Waals surface area contributed by atoms with Crippen molar-refractivity contribution in [1.82, 2.24) is 10.2 Å². The molecule has 1 aromatic carbocycles. The first kappa shape index (κ1) is 15.6. The highest BCUT2D eigenvalue weighted by Gasteiger charge is 2.30. The van der Waals surface area contributed by atoms with Crippen molar-refractivity contribution >= 4 is 12.4 Å². The molecule has 4 heteroatoms. The van der Waals surface area contributed by atoms with E-state index in [-0.39, 0.29) is 18.0 Å². The molecule has 1 fully saturated rings. The van der Waals surface area contributed by atoms with Crippen LogP contribution in [0.4, 0.5) is 0 Å². The fraction of sp³-hybridized carbons (Fsp3) is 0.625. The van der Waals surface area contributed by atoms with E-state index in [1.54, 1.807) is 0 Å². The monoisotopic (exact) mass is 296 g/mol. The number of ether oxygens (including phenoxy) is 1. The van der Waals surface area contributed by atoms with Crippen LogP contribution in [-0.4, -0.2) is 36.2 Å². The van der Waals surface area contributed by atoms with Crippen LogP contribution < -0.4 is 10.1 Å². The standard InChI is InChI=1S/C16H24N2O.ClH/c1-12-10-18(7-6-17-12)11-13-4-5-15-14(8-13)9-16(2,3)19-15;/h4-5,8,12,17H,6-7,9-11H2,1-3H3;1H/t12-;/m1./s1. The molecule has 2 aliphatic rings. The molecule has 2 heterocycles. The van der Waals surface area contributed by atoms with Crippen LogP contribution in [0.3, 0.4) is 0 Å². The van der Waals surface area contributed by atoms with Crippen LogP contribution in [0.1, 0.15) is 31.9 Å². The summed E-state index contributed by atoms with van der Waals surface area (Å²) in [5.74, 6) is 1.07. The average molecular weight is 297 g/mol. The Morgan fingerprint density at radius 3 is 2.95 bits per heavy atom. The number of hydrogen-bond donors (Lipinski definition) is 1. The molecule has 0 aliphatic carbocycles. The molecule has 0 saturated carbocycles. The molecule has 1 saturated heterocycles. The van der Waals surface area contributed by atoms with Crippen molar-refractivity contribution in [3.63, 3.8) is 0 Å². The molecule has 0 unspecified atom stereocenters. The van der Waals surface area contributed by atoms with Gasteiger partial charge in [0.25, 0.3) is 0 Å². The van der Waals surface area contributed by atoms with Gasteiger partial charge in [-0.2, -0.15) is 0 Å². The fourth-order valence-electron chi connectivity index (χ4n) is 3.18. The minimum absolute atomic E-state index is 0. The lowest BCUT2D eigenvalue weighted by Crippen LogP contribution is -2.48. The van der Waals surface area contributed by atoms with E-state index in [0.29, 0.717) is 6.04 Å². The number of fused-ring (bicyclic) bond motifs is 1. The van der Waals surface area contributed by atoms with Crippen molar-refractivity contribution in [3.8, 4) is 5.75 Å². The van der Waals surface area contributed by atoms with Gasteiger partial charge in [0.1, 0.15) is 11.4 Å². The Balaban J connectivity index is 0.00000147. The van der Waals surface area contributed by atoms with E-state index in [1.165, 1.54) is 11.1 Å². The van der Waals surface area contributed by atoms with Crippen molar-refractivity contribution in [2.24, 2.45) is 0 Å². The third-order valence-corrected chi connectivity index (χ3v) is 3.99. The smallest absolute Gasteiger partial charge is 0.123 e. The SMILES string of the molecule is C[C@@H]1CN(Cc2ccc3c(c2)CC(C)(C)O3)CCN1.Cl. The molecule has 0 radical (unpaired) electrons. The van der Waals surface area contributed by atoms with Gasteiger partial charge in [-0.25, -0.2) is 0 Å². The largest absolute Gasteiger partial charge is 0.487 e. The zero-order chi connectivity index (χ0) is 13.5. The highest BCUT2D eigenvalue weighted by atomic mass is 35.5. The van der Waals surface area contributed by atoms with Crippen LogP contribution in [0, 0.1) is 0 Å². The van der Waals surface area contributed by atoms with Gasteiger partial charge in [0.2, 0.25) is 0 Å². The van der Waals surface area contributed by atoms with Crippen molar-refractivity contribution in [3.05, 3.63) is 29.3 Å². The number of rotatable bonds is 2. The number of piperazine rings is 1. The molecule has 3 nitrogen and oxygen atoms in total. The molecular weight excluding hydrogens is 272 g/mol. The highest BCUT2D eigenvalue weighted by molar-refractivity contribution is 5.85. The molecule has 0 spiro atoms. The van der Waals surface area contributed by atoms with Gasteiger partial charge in [-0.3, -0.25) is 4.90 Å². The van der Waals surface area contributed by atoms with Crippen LogP contribution in [0.2, 0.25) is 0 Å². The molecule has 3 rings (SSSR count). The van der Waals surface area contributed by atoms with Crippen LogP contribution in [0.15, 0.2) is 18.2 Å². The van der Waals surface area contributed by atoms with E-state index in [4.69, 9.17) is 4.74 Å². The number of halogens is 1. The van der Waals surface area contributed by atoms with Crippen molar-refractivity contribution < 1.29 is 4.74 Å². The zero-order valence-electron chi connectivity index (χ0n) is 12.6. The number of nitrogens with one attached hydrogen (secondary N) is 1. The topological polar surface area (TPSA) is 24.5 Å². The van der Waals surface area contributed by atoms with Gasteiger partial charge in [-0.05, 0) is 38.0 Å². The van der Waals surface area contributed by atoms with E-state index < -0.39 is 0 Å². The van der Waals surface area contributed by atoms with Crippen LogP contribution in [0.5, 0.6) is 5.75 Å². The Morgan fingerprint density at radius 2 is 2.20 bits per heavy atom. The second-order valence-electron chi connectivity index (χ2n) is 6.57. The summed E-state index contributed by atoms with van der Waals surface area (Å²) in [5.41, 5.74) is 2.74. The van der Waals surface area contributed by atoms with Crippen LogP contribution >= 0.6 is 12.4 Å². The first-order valence-corrected chi connectivity index (χ1v) is 7.28. The Kier molecular flexibility index (Phi) is 4.62. The van der Waals surface area contributed by atoms with Gasteiger partial charge in [-0.1, -0.05) is 12.1 Å². The van der Waals surface area contributed by atoms with E-state index in [0.717, 1.165) is 38.3 Å². The van der Waals surface area contributed by atoms with Gasteiger partial charge in [0.05, 0.1) is 0 Å². The van der Waals surface area contributed by atoms with Gasteiger partial charge >= 0.3 is 0 Å². The molecule has 0 aromatic heterocycles. The van der Waals surface area contributed by atoms with Crippen LogP contribution in [-0.2, 0) is 13.0 Å². The molecule has 0 bridgehead atoms. The molecule has 2 aliphatic heterocycles. The summed E-state index contributed by atoms with van der Waals surface area (Å²) in [4.78, 5) is 2.53. The number of nitrogens with zero attached hydrogens (tertiary/aromatic N) is 1. The van der Waals surface area contributed by atoms with E-state index in [9.17, 15) is 0 Å². The van der Waals surface area contributed by atoms with E-state index in [1.807, 2.05) is 0 Å². The first-order chi connectivity index (χ1) is 9.02. The Labute approximate surface area is 128 Å². The minimum Gasteiger partial charge on any atom is -0.487 e. The third-order valence-electron chi connectivity index (χ3n) is 3.99. The second kappa shape index (κ2) is 5.92. The summed E-state index contributed by atoms with van der Waals surface area (Å²) >= 11 is 0. The highest BCUT2D eigenvalue weighted by Crippen LogP contribution is 2.35. The molecule has 1 aromatic rings. The fourth-order valence-corrected chi connectivity index (χ4v) is 3.18. The minimum atomic E-state index is -0.0372. The first-order valence-electron chi connectivity index (χ1n) is 7.28. The molecule has 1 atom stereocenters. The zero-order valence-corrected chi connectivity index (χ0v) is 13.4. The Hall–Kier alpha value is -0.770. The van der Waals surface area contributed by atoms with Gasteiger partial charge in [0.15, 0.2) is 0 Å². The number of benzene rings is 1. The van der Waals surface area contributed by atoms with Gasteiger partial charge < -0.3 is 10.1 Å². The number of hydrogen-bond acceptors (Lipinski definition) is 3. The predicted molar refractivity (Wildman–Crippen MR) is 84.8 cm³/mol. The summed E-state index contributed by atoms with van der Waals surface area (Å²) in [6, 6.07) is 7.29. The second-order valence-corrected chi connectivity index (χ2v) is 6.57. The summed E-state index contributed by atoms with van der Waals surface area (Å²) in [6.07, 6.45) is 1.02. The Bertz CT molecular complexity index is 476. The third kappa shape index (κ3) is 3.46. The van der Waals surface area contributed by atoms with Crippen molar-refractivity contribution in [2.75, 3.05) is 19.6 Å². The average Bonchev–Trinajstić information content (AvgIpc) is 2.62. The molecule has 112 valence electrons. The maximum atomic E-state index is 5.93. The summed E-state index contributed by atoms with van der Waals surface area (Å²) < 4.78 is 5.93. The van der Waals surface area contributed by atoms with E-state index in [2.05, 4.69) is 49.2 Å². The van der Waals surface area contributed by atoms with Gasteiger partial charge in [0, 0.05) is 38.6 Å². The van der Waals surface area contributed by atoms with Crippen molar-refractivity contribution in [2.45, 2.75) is 45.4 Å². The molecule has 20 heavy (non-hydrogen) atoms. The molecule has 0 amide bonds. The summed E-state index contributed by atoms with van der Waals surface area (Å²) in [5, 5.41) is 3.49. The normalized spacial score (nSPS) is 24.6. The van der Waals surface area contributed by atoms with Gasteiger partial charge in [-0.15, -0.1) is 12.4 Å². The predicted octanol–water partition coefficient (Wildman–Crippen LogP) is 2.62. The van der Waals surface area contributed by atoms with E-state index >= 15 is 0 Å². The lowest BCUT2D eigenvalue weighted by Gasteiger charge is -2.31.